The Labute approximate surface area is 122 Å². The summed E-state index contributed by atoms with van der Waals surface area (Å²) in [6, 6.07) is 12.0. The van der Waals surface area contributed by atoms with Gasteiger partial charge in [-0.2, -0.15) is 8.42 Å². The average Bonchev–Trinajstić information content (AvgIpc) is 2.43. The van der Waals surface area contributed by atoms with E-state index in [-0.39, 0.29) is 16.6 Å². The summed E-state index contributed by atoms with van der Waals surface area (Å²) in [5, 5.41) is 2.50. The van der Waals surface area contributed by atoms with Crippen molar-refractivity contribution in [1.82, 2.24) is 0 Å². The van der Waals surface area contributed by atoms with Gasteiger partial charge in [0.1, 0.15) is 10.6 Å². The van der Waals surface area contributed by atoms with Gasteiger partial charge in [0.15, 0.2) is 0 Å². The molecule has 0 aliphatic carbocycles. The van der Waals surface area contributed by atoms with Crippen molar-refractivity contribution in [3.8, 4) is 5.75 Å². The summed E-state index contributed by atoms with van der Waals surface area (Å²) in [5.74, 6) is -0.249. The van der Waals surface area contributed by atoms with Crippen molar-refractivity contribution in [2.75, 3.05) is 11.1 Å². The molecule has 2 rings (SSSR count). The zero-order valence-electron chi connectivity index (χ0n) is 11.2. The highest BCUT2D eigenvalue weighted by molar-refractivity contribution is 7.87. The molecule has 0 saturated carbocycles. The van der Waals surface area contributed by atoms with Gasteiger partial charge in [-0.05, 0) is 24.3 Å². The lowest BCUT2D eigenvalue weighted by atomic mass is 10.2. The van der Waals surface area contributed by atoms with E-state index >= 15 is 0 Å². The minimum Gasteiger partial charge on any atom is -0.397 e. The molecule has 0 saturated heterocycles. The van der Waals surface area contributed by atoms with Crippen LogP contribution >= 0.6 is 0 Å². The van der Waals surface area contributed by atoms with E-state index in [9.17, 15) is 13.2 Å². The topological polar surface area (TPSA) is 98.5 Å². The normalized spacial score (nSPS) is 10.9. The molecular formula is C14H14N2O4S. The van der Waals surface area contributed by atoms with Crippen LogP contribution in [0, 0.1) is 0 Å². The molecule has 7 heteroatoms. The van der Waals surface area contributed by atoms with Crippen LogP contribution < -0.4 is 15.2 Å². The van der Waals surface area contributed by atoms with Gasteiger partial charge in [0.05, 0.1) is 11.4 Å². The molecule has 21 heavy (non-hydrogen) atoms. The number of anilines is 2. The smallest absolute Gasteiger partial charge is 0.339 e. The number of carbonyl (C=O) groups excluding carboxylic acids is 1. The first-order chi connectivity index (χ1) is 9.88. The summed E-state index contributed by atoms with van der Waals surface area (Å²) in [4.78, 5) is 11.1. The molecule has 0 bridgehead atoms. The maximum Gasteiger partial charge on any atom is 0.339 e. The van der Waals surface area contributed by atoms with Gasteiger partial charge in [-0.25, -0.2) is 0 Å². The summed E-state index contributed by atoms with van der Waals surface area (Å²) in [6.07, 6.45) is 0. The van der Waals surface area contributed by atoms with Crippen LogP contribution in [0.15, 0.2) is 53.4 Å². The standard InChI is InChI=1S/C14H14N2O4S/c1-10(17)16-14-9-11(7-8-13(14)15)20-21(18,19)12-5-3-2-4-6-12/h2-9H,15H2,1H3,(H,16,17). The van der Waals surface area contributed by atoms with Gasteiger partial charge in [-0.15, -0.1) is 0 Å². The Hall–Kier alpha value is -2.54. The second-order valence-electron chi connectivity index (χ2n) is 4.28. The fourth-order valence-corrected chi connectivity index (χ4v) is 2.59. The molecule has 1 amide bonds. The zero-order valence-corrected chi connectivity index (χ0v) is 12.1. The number of carbonyl (C=O) groups is 1. The maximum atomic E-state index is 12.1. The Kier molecular flexibility index (Phi) is 4.13. The van der Waals surface area contributed by atoms with Gasteiger partial charge in [0.25, 0.3) is 0 Å². The van der Waals surface area contributed by atoms with E-state index in [2.05, 4.69) is 5.32 Å². The maximum absolute atomic E-state index is 12.1. The minimum atomic E-state index is -3.92. The molecule has 0 aliphatic heterocycles. The zero-order chi connectivity index (χ0) is 15.5. The van der Waals surface area contributed by atoms with Crippen molar-refractivity contribution >= 4 is 27.4 Å². The Morgan fingerprint density at radius 3 is 2.43 bits per heavy atom. The third-order valence-electron chi connectivity index (χ3n) is 2.57. The predicted molar refractivity (Wildman–Crippen MR) is 79.4 cm³/mol. The highest BCUT2D eigenvalue weighted by Gasteiger charge is 2.16. The van der Waals surface area contributed by atoms with E-state index in [1.807, 2.05) is 0 Å². The van der Waals surface area contributed by atoms with Crippen molar-refractivity contribution in [2.45, 2.75) is 11.8 Å². The number of benzene rings is 2. The van der Waals surface area contributed by atoms with Crippen molar-refractivity contribution in [3.05, 3.63) is 48.5 Å². The van der Waals surface area contributed by atoms with Gasteiger partial charge in [-0.1, -0.05) is 18.2 Å². The summed E-state index contributed by atoms with van der Waals surface area (Å²) in [5.41, 5.74) is 6.30. The van der Waals surface area contributed by atoms with Gasteiger partial charge in [0, 0.05) is 13.0 Å². The molecular weight excluding hydrogens is 292 g/mol. The molecule has 0 fully saturated rings. The van der Waals surface area contributed by atoms with Gasteiger partial charge in [0.2, 0.25) is 5.91 Å². The molecule has 0 atom stereocenters. The highest BCUT2D eigenvalue weighted by atomic mass is 32.2. The lowest BCUT2D eigenvalue weighted by Gasteiger charge is -2.10. The Morgan fingerprint density at radius 1 is 1.14 bits per heavy atom. The molecule has 0 radical (unpaired) electrons. The SMILES string of the molecule is CC(=O)Nc1cc(OS(=O)(=O)c2ccccc2)ccc1N. The van der Waals surface area contributed by atoms with Crippen LogP contribution in [0.2, 0.25) is 0 Å². The Morgan fingerprint density at radius 2 is 1.81 bits per heavy atom. The van der Waals surface area contributed by atoms with E-state index in [1.54, 1.807) is 18.2 Å². The van der Waals surface area contributed by atoms with Crippen LogP contribution in [-0.4, -0.2) is 14.3 Å². The first-order valence-corrected chi connectivity index (χ1v) is 7.46. The molecule has 6 nitrogen and oxygen atoms in total. The Balaban J connectivity index is 2.30. The molecule has 110 valence electrons. The second kappa shape index (κ2) is 5.84. The van der Waals surface area contributed by atoms with Crippen LogP contribution in [0.1, 0.15) is 6.92 Å². The van der Waals surface area contributed by atoms with Gasteiger partial charge in [-0.3, -0.25) is 4.79 Å². The first kappa shape index (κ1) is 14.9. The summed E-state index contributed by atoms with van der Waals surface area (Å²) in [7, 11) is -3.92. The monoisotopic (exact) mass is 306 g/mol. The molecule has 0 aromatic heterocycles. The Bertz CT molecular complexity index is 758. The van der Waals surface area contributed by atoms with Crippen molar-refractivity contribution in [3.63, 3.8) is 0 Å². The number of nitrogens with one attached hydrogen (secondary N) is 1. The fourth-order valence-electron chi connectivity index (χ4n) is 1.65. The number of nitrogen functional groups attached to an aromatic ring is 1. The van der Waals surface area contributed by atoms with E-state index < -0.39 is 10.1 Å². The van der Waals surface area contributed by atoms with Crippen LogP contribution in [0.4, 0.5) is 11.4 Å². The third-order valence-corrected chi connectivity index (χ3v) is 3.83. The van der Waals surface area contributed by atoms with E-state index in [4.69, 9.17) is 9.92 Å². The van der Waals surface area contributed by atoms with Crippen molar-refractivity contribution in [2.24, 2.45) is 0 Å². The van der Waals surface area contributed by atoms with Crippen LogP contribution in [0.5, 0.6) is 5.75 Å². The summed E-state index contributed by atoms with van der Waals surface area (Å²) >= 11 is 0. The summed E-state index contributed by atoms with van der Waals surface area (Å²) < 4.78 is 29.2. The van der Waals surface area contributed by atoms with Crippen molar-refractivity contribution < 1.29 is 17.4 Å². The average molecular weight is 306 g/mol. The highest BCUT2D eigenvalue weighted by Crippen LogP contribution is 2.26. The minimum absolute atomic E-state index is 0.0444. The lowest BCUT2D eigenvalue weighted by molar-refractivity contribution is -0.114. The molecule has 2 aromatic carbocycles. The predicted octanol–water partition coefficient (Wildman–Crippen LogP) is 1.99. The molecule has 3 N–H and O–H groups in total. The number of rotatable bonds is 4. The largest absolute Gasteiger partial charge is 0.397 e. The van der Waals surface area contributed by atoms with Crippen LogP contribution in [-0.2, 0) is 14.9 Å². The van der Waals surface area contributed by atoms with Crippen LogP contribution in [0.25, 0.3) is 0 Å². The number of hydrogen-bond donors (Lipinski definition) is 2. The third kappa shape index (κ3) is 3.73. The van der Waals surface area contributed by atoms with E-state index in [0.29, 0.717) is 11.4 Å². The lowest BCUT2D eigenvalue weighted by Crippen LogP contribution is -2.11. The number of hydrogen-bond acceptors (Lipinski definition) is 5. The molecule has 0 spiro atoms. The fraction of sp³-hybridized carbons (Fsp3) is 0.0714. The second-order valence-corrected chi connectivity index (χ2v) is 5.83. The number of nitrogens with two attached hydrogens (primary N) is 1. The van der Waals surface area contributed by atoms with E-state index in [0.717, 1.165) is 0 Å². The molecule has 0 aliphatic rings. The summed E-state index contributed by atoms with van der Waals surface area (Å²) in [6.45, 7) is 1.33. The molecule has 0 unspecified atom stereocenters. The molecule has 2 aromatic rings. The van der Waals surface area contributed by atoms with Gasteiger partial charge < -0.3 is 15.2 Å². The van der Waals surface area contributed by atoms with Gasteiger partial charge >= 0.3 is 10.1 Å². The molecule has 0 heterocycles. The quantitative estimate of drug-likeness (QED) is 0.665. The van der Waals surface area contributed by atoms with Crippen LogP contribution in [0.3, 0.4) is 0 Å². The van der Waals surface area contributed by atoms with E-state index in [1.165, 1.54) is 37.3 Å². The number of amides is 1. The van der Waals surface area contributed by atoms with Crippen molar-refractivity contribution in [1.29, 1.82) is 0 Å². The first-order valence-electron chi connectivity index (χ1n) is 6.05.